The van der Waals surface area contributed by atoms with E-state index in [1.807, 2.05) is 43.3 Å². The summed E-state index contributed by atoms with van der Waals surface area (Å²) in [6, 6.07) is 16.6. The van der Waals surface area contributed by atoms with Crippen LogP contribution in [0.4, 0.5) is 0 Å². The zero-order chi connectivity index (χ0) is 23.6. The van der Waals surface area contributed by atoms with Gasteiger partial charge in [-0.15, -0.1) is 0 Å². The molecule has 2 rings (SSSR count). The molecular formula is C24H34O8S. The third-order valence-corrected chi connectivity index (χ3v) is 5.65. The first kappa shape index (κ1) is 27.4. The maximum absolute atomic E-state index is 12.1. The van der Waals surface area contributed by atoms with Crippen molar-refractivity contribution in [2.75, 3.05) is 66.1 Å². The molecule has 0 aliphatic carbocycles. The molecule has 0 aromatic heterocycles. The molecule has 0 unspecified atom stereocenters. The SMILES string of the molecule is Cc1cccc(S(=O)(=O)OCCOCCOCCOCCOCCOCc2ccccc2)c1. The predicted molar refractivity (Wildman–Crippen MR) is 124 cm³/mol. The van der Waals surface area contributed by atoms with E-state index < -0.39 is 10.1 Å². The molecule has 0 radical (unpaired) electrons. The topological polar surface area (TPSA) is 89.5 Å². The number of hydrogen-bond donors (Lipinski definition) is 0. The second-order valence-corrected chi connectivity index (χ2v) is 8.70. The lowest BCUT2D eigenvalue weighted by Gasteiger charge is -2.08. The number of rotatable bonds is 19. The van der Waals surface area contributed by atoms with Gasteiger partial charge in [0.1, 0.15) is 0 Å². The Balaban J connectivity index is 1.31. The first-order valence-corrected chi connectivity index (χ1v) is 12.4. The highest BCUT2D eigenvalue weighted by Crippen LogP contribution is 2.13. The molecule has 2 aromatic rings. The lowest BCUT2D eigenvalue weighted by atomic mass is 10.2. The highest BCUT2D eigenvalue weighted by Gasteiger charge is 2.14. The number of benzene rings is 2. The molecule has 9 heteroatoms. The number of aryl methyl sites for hydroxylation is 1. The van der Waals surface area contributed by atoms with Crippen molar-refractivity contribution >= 4 is 10.1 Å². The van der Waals surface area contributed by atoms with Crippen molar-refractivity contribution in [2.24, 2.45) is 0 Å². The zero-order valence-corrected chi connectivity index (χ0v) is 20.0. The molecule has 0 saturated carbocycles. The van der Waals surface area contributed by atoms with Gasteiger partial charge < -0.3 is 23.7 Å². The molecule has 0 saturated heterocycles. The number of ether oxygens (including phenoxy) is 5. The Morgan fingerprint density at radius 2 is 1.12 bits per heavy atom. The largest absolute Gasteiger partial charge is 0.377 e. The van der Waals surface area contributed by atoms with Gasteiger partial charge in [0.15, 0.2) is 0 Å². The quantitative estimate of drug-likeness (QED) is 0.223. The molecule has 2 aromatic carbocycles. The lowest BCUT2D eigenvalue weighted by Crippen LogP contribution is -2.15. The van der Waals surface area contributed by atoms with Gasteiger partial charge in [-0.3, -0.25) is 4.18 Å². The van der Waals surface area contributed by atoms with Crippen molar-refractivity contribution in [3.8, 4) is 0 Å². The Labute approximate surface area is 196 Å². The van der Waals surface area contributed by atoms with Crippen LogP contribution in [-0.2, 0) is 44.6 Å². The van der Waals surface area contributed by atoms with Crippen LogP contribution in [0.25, 0.3) is 0 Å². The minimum absolute atomic E-state index is 0.0450. The van der Waals surface area contributed by atoms with E-state index in [2.05, 4.69) is 0 Å². The third kappa shape index (κ3) is 12.8. The highest BCUT2D eigenvalue weighted by molar-refractivity contribution is 7.86. The summed E-state index contributed by atoms with van der Waals surface area (Å²) in [6.45, 7) is 6.24. The van der Waals surface area contributed by atoms with E-state index in [-0.39, 0.29) is 18.1 Å². The van der Waals surface area contributed by atoms with Crippen LogP contribution in [0.5, 0.6) is 0 Å². The Kier molecular flexibility index (Phi) is 13.9. The Morgan fingerprint density at radius 3 is 1.67 bits per heavy atom. The lowest BCUT2D eigenvalue weighted by molar-refractivity contribution is -0.0138. The third-order valence-electron chi connectivity index (χ3n) is 4.34. The van der Waals surface area contributed by atoms with Crippen LogP contribution in [-0.4, -0.2) is 74.5 Å². The van der Waals surface area contributed by atoms with E-state index in [0.717, 1.165) is 11.1 Å². The summed E-state index contributed by atoms with van der Waals surface area (Å²) in [5.41, 5.74) is 2.00. The van der Waals surface area contributed by atoms with Crippen LogP contribution in [0.3, 0.4) is 0 Å². The summed E-state index contributed by atoms with van der Waals surface area (Å²) < 4.78 is 56.2. The fourth-order valence-corrected chi connectivity index (χ4v) is 3.68. The minimum Gasteiger partial charge on any atom is -0.377 e. The van der Waals surface area contributed by atoms with Gasteiger partial charge in [0.25, 0.3) is 10.1 Å². The van der Waals surface area contributed by atoms with Gasteiger partial charge in [0, 0.05) is 0 Å². The second-order valence-electron chi connectivity index (χ2n) is 7.08. The molecule has 0 amide bonds. The van der Waals surface area contributed by atoms with Gasteiger partial charge in [-0.25, -0.2) is 0 Å². The smallest absolute Gasteiger partial charge is 0.297 e. The summed E-state index contributed by atoms with van der Waals surface area (Å²) in [5.74, 6) is 0. The van der Waals surface area contributed by atoms with E-state index in [0.29, 0.717) is 59.5 Å². The highest BCUT2D eigenvalue weighted by atomic mass is 32.2. The molecule has 0 fully saturated rings. The van der Waals surface area contributed by atoms with Crippen molar-refractivity contribution in [1.29, 1.82) is 0 Å². The normalized spacial score (nSPS) is 11.7. The number of hydrogen-bond acceptors (Lipinski definition) is 8. The van der Waals surface area contributed by atoms with Crippen molar-refractivity contribution in [3.63, 3.8) is 0 Å². The van der Waals surface area contributed by atoms with Gasteiger partial charge >= 0.3 is 0 Å². The van der Waals surface area contributed by atoms with Crippen molar-refractivity contribution in [3.05, 3.63) is 65.7 Å². The van der Waals surface area contributed by atoms with Crippen molar-refractivity contribution in [1.82, 2.24) is 0 Å². The summed E-state index contributed by atoms with van der Waals surface area (Å²) in [6.07, 6.45) is 0. The summed E-state index contributed by atoms with van der Waals surface area (Å²) in [7, 11) is -3.76. The Morgan fingerprint density at radius 1 is 0.606 bits per heavy atom. The molecule has 0 aliphatic rings. The zero-order valence-electron chi connectivity index (χ0n) is 19.1. The van der Waals surface area contributed by atoms with Gasteiger partial charge in [-0.1, -0.05) is 42.5 Å². The van der Waals surface area contributed by atoms with E-state index >= 15 is 0 Å². The first-order chi connectivity index (χ1) is 16.1. The minimum atomic E-state index is -3.76. The monoisotopic (exact) mass is 482 g/mol. The van der Waals surface area contributed by atoms with Crippen LogP contribution >= 0.6 is 0 Å². The summed E-state index contributed by atoms with van der Waals surface area (Å²) >= 11 is 0. The van der Waals surface area contributed by atoms with E-state index in [9.17, 15) is 8.42 Å². The van der Waals surface area contributed by atoms with Crippen LogP contribution in [0.2, 0.25) is 0 Å². The molecule has 0 spiro atoms. The molecule has 8 nitrogen and oxygen atoms in total. The van der Waals surface area contributed by atoms with Gasteiger partial charge in [-0.05, 0) is 30.2 Å². The first-order valence-electron chi connectivity index (χ1n) is 11.0. The maximum Gasteiger partial charge on any atom is 0.297 e. The van der Waals surface area contributed by atoms with Gasteiger partial charge in [0.05, 0.1) is 77.6 Å². The van der Waals surface area contributed by atoms with Gasteiger partial charge in [-0.2, -0.15) is 8.42 Å². The standard InChI is InChI=1S/C24H34O8S/c1-22-6-5-9-24(20-22)33(25,26)32-19-18-30-15-14-28-11-10-27-12-13-29-16-17-31-21-23-7-3-2-4-8-23/h2-9,20H,10-19,21H2,1H3. The van der Waals surface area contributed by atoms with Crippen LogP contribution in [0.15, 0.2) is 59.5 Å². The van der Waals surface area contributed by atoms with Crippen LogP contribution in [0, 0.1) is 6.92 Å². The average molecular weight is 483 g/mol. The molecule has 184 valence electrons. The molecule has 0 aliphatic heterocycles. The Bertz CT molecular complexity index is 858. The van der Waals surface area contributed by atoms with Gasteiger partial charge in [0.2, 0.25) is 0 Å². The van der Waals surface area contributed by atoms with E-state index in [4.69, 9.17) is 27.9 Å². The summed E-state index contributed by atoms with van der Waals surface area (Å²) in [4.78, 5) is 0.146. The molecule has 0 N–H and O–H groups in total. The molecule has 0 atom stereocenters. The van der Waals surface area contributed by atoms with Crippen molar-refractivity contribution < 1.29 is 36.3 Å². The van der Waals surface area contributed by atoms with E-state index in [1.54, 1.807) is 12.1 Å². The van der Waals surface area contributed by atoms with Crippen LogP contribution in [0.1, 0.15) is 11.1 Å². The van der Waals surface area contributed by atoms with Crippen molar-refractivity contribution in [2.45, 2.75) is 18.4 Å². The van der Waals surface area contributed by atoms with Crippen LogP contribution < -0.4 is 0 Å². The molecule has 0 heterocycles. The fraction of sp³-hybridized carbons (Fsp3) is 0.500. The maximum atomic E-state index is 12.1. The molecule has 33 heavy (non-hydrogen) atoms. The Hall–Kier alpha value is -1.85. The van der Waals surface area contributed by atoms with E-state index in [1.165, 1.54) is 6.07 Å². The summed E-state index contributed by atoms with van der Waals surface area (Å²) in [5, 5.41) is 0. The fourth-order valence-electron chi connectivity index (χ4n) is 2.69. The second kappa shape index (κ2) is 16.7. The average Bonchev–Trinajstić information content (AvgIpc) is 2.81. The molecule has 0 bridgehead atoms. The predicted octanol–water partition coefficient (Wildman–Crippen LogP) is 2.98. The molecular weight excluding hydrogens is 448 g/mol.